The molecule has 0 aromatic carbocycles. The lowest BCUT2D eigenvalue weighted by molar-refractivity contribution is -0.121. The van der Waals surface area contributed by atoms with Gasteiger partial charge in [0.1, 0.15) is 0 Å². The molecule has 0 fully saturated rings. The highest BCUT2D eigenvalue weighted by Crippen LogP contribution is 2.16. The van der Waals surface area contributed by atoms with Gasteiger partial charge < -0.3 is 5.73 Å². The molecule has 0 aromatic heterocycles. The fourth-order valence-electron chi connectivity index (χ4n) is 1.22. The van der Waals surface area contributed by atoms with E-state index in [4.69, 9.17) is 5.73 Å². The van der Waals surface area contributed by atoms with Crippen LogP contribution in [-0.2, 0) is 14.8 Å². The summed E-state index contributed by atoms with van der Waals surface area (Å²) in [5.74, 6) is -0.997. The molecular weight excluding hydrogens is 204 g/mol. The maximum atomic E-state index is 11.4. The SMILES string of the molecule is CCS(=O)(=O)NC(=O)C1C=CC(N)C1. The molecule has 1 aliphatic carbocycles. The summed E-state index contributed by atoms with van der Waals surface area (Å²) in [6.45, 7) is 1.48. The molecule has 14 heavy (non-hydrogen) atoms. The normalized spacial score (nSPS) is 26.4. The Hall–Kier alpha value is -0.880. The Morgan fingerprint density at radius 3 is 2.64 bits per heavy atom. The number of hydrogen-bond acceptors (Lipinski definition) is 4. The van der Waals surface area contributed by atoms with E-state index in [1.165, 1.54) is 6.92 Å². The predicted octanol–water partition coefficient (Wildman–Crippen LogP) is -0.644. The quantitative estimate of drug-likeness (QED) is 0.616. The van der Waals surface area contributed by atoms with Crippen LogP contribution in [0.15, 0.2) is 12.2 Å². The third kappa shape index (κ3) is 2.81. The third-order valence-corrected chi connectivity index (χ3v) is 3.36. The molecule has 1 amide bonds. The first-order chi connectivity index (χ1) is 6.44. The Morgan fingerprint density at radius 1 is 1.57 bits per heavy atom. The number of sulfonamides is 1. The van der Waals surface area contributed by atoms with Crippen LogP contribution in [0.1, 0.15) is 13.3 Å². The van der Waals surface area contributed by atoms with Gasteiger partial charge in [-0.15, -0.1) is 0 Å². The molecule has 0 saturated heterocycles. The molecule has 0 spiro atoms. The molecule has 1 aliphatic rings. The first-order valence-electron chi connectivity index (χ1n) is 4.43. The van der Waals surface area contributed by atoms with Crippen LogP contribution in [-0.4, -0.2) is 26.1 Å². The van der Waals surface area contributed by atoms with Gasteiger partial charge in [0.05, 0.1) is 11.7 Å². The Labute approximate surface area is 83.4 Å². The first-order valence-corrected chi connectivity index (χ1v) is 6.08. The number of amides is 1. The topological polar surface area (TPSA) is 89.3 Å². The number of carbonyl (C=O) groups is 1. The highest BCUT2D eigenvalue weighted by Gasteiger charge is 2.25. The summed E-state index contributed by atoms with van der Waals surface area (Å²) in [5.41, 5.74) is 5.54. The van der Waals surface area contributed by atoms with Crippen molar-refractivity contribution in [3.63, 3.8) is 0 Å². The van der Waals surface area contributed by atoms with Gasteiger partial charge in [0.2, 0.25) is 15.9 Å². The van der Waals surface area contributed by atoms with Gasteiger partial charge >= 0.3 is 0 Å². The molecule has 3 N–H and O–H groups in total. The standard InChI is InChI=1S/C8H14N2O3S/c1-2-14(12,13)10-8(11)6-3-4-7(9)5-6/h3-4,6-7H,2,5,9H2,1H3,(H,10,11). The van der Waals surface area contributed by atoms with Gasteiger partial charge in [-0.25, -0.2) is 8.42 Å². The third-order valence-electron chi connectivity index (χ3n) is 2.09. The number of hydrogen-bond donors (Lipinski definition) is 2. The Morgan fingerprint density at radius 2 is 2.21 bits per heavy atom. The zero-order valence-electron chi connectivity index (χ0n) is 7.93. The summed E-state index contributed by atoms with van der Waals surface area (Å²) in [6, 6.07) is -0.143. The van der Waals surface area contributed by atoms with Crippen molar-refractivity contribution in [2.75, 3.05) is 5.75 Å². The van der Waals surface area contributed by atoms with Crippen LogP contribution in [0.2, 0.25) is 0 Å². The molecule has 0 aromatic rings. The maximum absolute atomic E-state index is 11.4. The molecule has 6 heteroatoms. The van der Waals surface area contributed by atoms with E-state index in [1.807, 2.05) is 4.72 Å². The molecule has 5 nitrogen and oxygen atoms in total. The van der Waals surface area contributed by atoms with Crippen molar-refractivity contribution in [2.45, 2.75) is 19.4 Å². The molecule has 2 atom stereocenters. The second-order valence-electron chi connectivity index (χ2n) is 3.26. The van der Waals surface area contributed by atoms with Gasteiger partial charge in [0.15, 0.2) is 0 Å². The van der Waals surface area contributed by atoms with Gasteiger partial charge in [-0.2, -0.15) is 0 Å². The van der Waals surface area contributed by atoms with Crippen molar-refractivity contribution < 1.29 is 13.2 Å². The molecule has 0 saturated carbocycles. The van der Waals surface area contributed by atoms with Crippen molar-refractivity contribution in [1.82, 2.24) is 4.72 Å². The minimum atomic E-state index is -3.45. The van der Waals surface area contributed by atoms with E-state index in [2.05, 4.69) is 0 Å². The second-order valence-corrected chi connectivity index (χ2v) is 5.27. The van der Waals surface area contributed by atoms with Crippen molar-refractivity contribution >= 4 is 15.9 Å². The molecule has 2 unspecified atom stereocenters. The van der Waals surface area contributed by atoms with Gasteiger partial charge in [-0.1, -0.05) is 12.2 Å². The lowest BCUT2D eigenvalue weighted by Gasteiger charge is -2.09. The van der Waals surface area contributed by atoms with Gasteiger partial charge in [0.25, 0.3) is 0 Å². The van der Waals surface area contributed by atoms with E-state index < -0.39 is 21.8 Å². The first kappa shape index (κ1) is 11.2. The van der Waals surface area contributed by atoms with E-state index in [1.54, 1.807) is 12.2 Å². The van der Waals surface area contributed by atoms with Crippen molar-refractivity contribution in [1.29, 1.82) is 0 Å². The Kier molecular flexibility index (Phi) is 3.28. The van der Waals surface area contributed by atoms with Crippen molar-refractivity contribution in [3.8, 4) is 0 Å². The summed E-state index contributed by atoms with van der Waals surface area (Å²) in [7, 11) is -3.45. The minimum absolute atomic E-state index is 0.0960. The molecule has 80 valence electrons. The van der Waals surface area contributed by atoms with Crippen LogP contribution in [0, 0.1) is 5.92 Å². The smallest absolute Gasteiger partial charge is 0.240 e. The second kappa shape index (κ2) is 4.10. The lowest BCUT2D eigenvalue weighted by Crippen LogP contribution is -2.36. The van der Waals surface area contributed by atoms with Gasteiger partial charge in [0, 0.05) is 6.04 Å². The van der Waals surface area contributed by atoms with Crippen LogP contribution < -0.4 is 10.5 Å². The van der Waals surface area contributed by atoms with Crippen molar-refractivity contribution in [2.24, 2.45) is 11.7 Å². The summed E-state index contributed by atoms with van der Waals surface area (Å²) in [5, 5.41) is 0. The Bertz CT molecular complexity index is 348. The predicted molar refractivity (Wildman–Crippen MR) is 52.8 cm³/mol. The molecular formula is C8H14N2O3S. The van der Waals surface area contributed by atoms with Crippen molar-refractivity contribution in [3.05, 3.63) is 12.2 Å². The lowest BCUT2D eigenvalue weighted by atomic mass is 10.1. The summed E-state index contributed by atoms with van der Waals surface area (Å²) >= 11 is 0. The van der Waals surface area contributed by atoms with Crippen LogP contribution >= 0.6 is 0 Å². The highest BCUT2D eigenvalue weighted by atomic mass is 32.2. The number of rotatable bonds is 3. The fourth-order valence-corrected chi connectivity index (χ4v) is 1.82. The Balaban J connectivity index is 2.56. The van der Waals surface area contributed by atoms with E-state index in [0.717, 1.165) is 0 Å². The molecule has 0 radical (unpaired) electrons. The van der Waals surface area contributed by atoms with Crippen LogP contribution in [0.5, 0.6) is 0 Å². The molecule has 1 rings (SSSR count). The van der Waals surface area contributed by atoms with Crippen LogP contribution in [0.25, 0.3) is 0 Å². The molecule has 0 aliphatic heterocycles. The highest BCUT2D eigenvalue weighted by molar-refractivity contribution is 7.90. The summed E-state index contributed by atoms with van der Waals surface area (Å²) in [6.07, 6.45) is 3.83. The largest absolute Gasteiger partial charge is 0.324 e. The monoisotopic (exact) mass is 218 g/mol. The van der Waals surface area contributed by atoms with E-state index in [-0.39, 0.29) is 11.8 Å². The van der Waals surface area contributed by atoms with Gasteiger partial charge in [-0.3, -0.25) is 9.52 Å². The van der Waals surface area contributed by atoms with E-state index in [0.29, 0.717) is 6.42 Å². The van der Waals surface area contributed by atoms with Crippen LogP contribution in [0.4, 0.5) is 0 Å². The average molecular weight is 218 g/mol. The van der Waals surface area contributed by atoms with Gasteiger partial charge in [-0.05, 0) is 13.3 Å². The number of nitrogens with two attached hydrogens (primary N) is 1. The number of carbonyl (C=O) groups excluding carboxylic acids is 1. The fraction of sp³-hybridized carbons (Fsp3) is 0.625. The molecule has 0 heterocycles. The zero-order valence-corrected chi connectivity index (χ0v) is 8.75. The average Bonchev–Trinajstić information content (AvgIpc) is 2.51. The summed E-state index contributed by atoms with van der Waals surface area (Å²) in [4.78, 5) is 11.4. The minimum Gasteiger partial charge on any atom is -0.324 e. The number of nitrogens with one attached hydrogen (secondary N) is 1. The summed E-state index contributed by atoms with van der Waals surface area (Å²) < 4.78 is 24.1. The molecule has 0 bridgehead atoms. The van der Waals surface area contributed by atoms with Crippen LogP contribution in [0.3, 0.4) is 0 Å². The zero-order chi connectivity index (χ0) is 10.8. The van der Waals surface area contributed by atoms with E-state index >= 15 is 0 Å². The maximum Gasteiger partial charge on any atom is 0.240 e. The van der Waals surface area contributed by atoms with E-state index in [9.17, 15) is 13.2 Å².